The summed E-state index contributed by atoms with van der Waals surface area (Å²) < 4.78 is 16.0. The highest BCUT2D eigenvalue weighted by Gasteiger charge is 2.27. The van der Waals surface area contributed by atoms with Crippen LogP contribution in [0, 0.1) is 5.92 Å². The lowest BCUT2D eigenvalue weighted by Gasteiger charge is -2.31. The summed E-state index contributed by atoms with van der Waals surface area (Å²) in [7, 11) is 3.29. The maximum atomic E-state index is 11.9. The number of ether oxygens (including phenoxy) is 3. The lowest BCUT2D eigenvalue weighted by atomic mass is 9.97. The van der Waals surface area contributed by atoms with E-state index < -0.39 is 0 Å². The van der Waals surface area contributed by atoms with Gasteiger partial charge in [0.05, 0.1) is 26.7 Å². The van der Waals surface area contributed by atoms with Gasteiger partial charge in [-0.05, 0) is 32.4 Å². The number of methoxy groups -OCH3 is 2. The Morgan fingerprint density at radius 2 is 2.14 bits per heavy atom. The molecule has 0 unspecified atom stereocenters. The molecule has 0 spiro atoms. The minimum atomic E-state index is -0.0789. The van der Waals surface area contributed by atoms with Crippen molar-refractivity contribution in [1.29, 1.82) is 0 Å². The van der Waals surface area contributed by atoms with Gasteiger partial charge in [-0.1, -0.05) is 12.1 Å². The molecule has 2 rings (SSSR count). The summed E-state index contributed by atoms with van der Waals surface area (Å²) >= 11 is 0. The van der Waals surface area contributed by atoms with Crippen molar-refractivity contribution in [3.8, 4) is 11.5 Å². The van der Waals surface area contributed by atoms with Crippen molar-refractivity contribution in [2.75, 3.05) is 33.9 Å². The third-order valence-electron chi connectivity index (χ3n) is 4.00. The fourth-order valence-electron chi connectivity index (χ4n) is 2.97. The SMILES string of the molecule is CCOC(=O)[C@@H]1CCCN(Cc2cccc(OC)c2OC)C1. The van der Waals surface area contributed by atoms with Crippen LogP contribution in [0.5, 0.6) is 11.5 Å². The second-order valence-corrected chi connectivity index (χ2v) is 5.48. The summed E-state index contributed by atoms with van der Waals surface area (Å²) in [5.74, 6) is 1.40. The molecule has 0 radical (unpaired) electrons. The molecule has 5 heteroatoms. The van der Waals surface area contributed by atoms with Gasteiger partial charge in [0.2, 0.25) is 0 Å². The first-order chi connectivity index (χ1) is 10.7. The van der Waals surface area contributed by atoms with Gasteiger partial charge in [-0.15, -0.1) is 0 Å². The van der Waals surface area contributed by atoms with Gasteiger partial charge in [-0.3, -0.25) is 9.69 Å². The van der Waals surface area contributed by atoms with E-state index in [0.717, 1.165) is 49.5 Å². The van der Waals surface area contributed by atoms with Crippen LogP contribution in [0.1, 0.15) is 25.3 Å². The highest BCUT2D eigenvalue weighted by molar-refractivity contribution is 5.72. The van der Waals surface area contributed by atoms with Gasteiger partial charge in [0.25, 0.3) is 0 Å². The molecular formula is C17H25NO4. The first kappa shape index (κ1) is 16.6. The Bertz CT molecular complexity index is 503. The van der Waals surface area contributed by atoms with E-state index in [1.165, 1.54) is 0 Å². The van der Waals surface area contributed by atoms with Crippen molar-refractivity contribution in [1.82, 2.24) is 4.90 Å². The number of likely N-dealkylation sites (tertiary alicyclic amines) is 1. The fourth-order valence-corrected chi connectivity index (χ4v) is 2.97. The van der Waals surface area contributed by atoms with Crippen LogP contribution in [-0.4, -0.2) is 44.8 Å². The van der Waals surface area contributed by atoms with Crippen LogP contribution in [0.25, 0.3) is 0 Å². The molecule has 1 saturated heterocycles. The smallest absolute Gasteiger partial charge is 0.310 e. The topological polar surface area (TPSA) is 48.0 Å². The molecule has 22 heavy (non-hydrogen) atoms. The van der Waals surface area contributed by atoms with Crippen molar-refractivity contribution in [2.24, 2.45) is 5.92 Å². The molecule has 1 fully saturated rings. The second kappa shape index (κ2) is 8.03. The monoisotopic (exact) mass is 307 g/mol. The minimum Gasteiger partial charge on any atom is -0.493 e. The first-order valence-corrected chi connectivity index (χ1v) is 7.78. The zero-order chi connectivity index (χ0) is 15.9. The number of nitrogens with zero attached hydrogens (tertiary/aromatic N) is 1. The Hall–Kier alpha value is -1.75. The fraction of sp³-hybridized carbons (Fsp3) is 0.588. The van der Waals surface area contributed by atoms with Crippen molar-refractivity contribution < 1.29 is 19.0 Å². The third kappa shape index (κ3) is 3.91. The number of benzene rings is 1. The largest absolute Gasteiger partial charge is 0.493 e. The van der Waals surface area contributed by atoms with Crippen LogP contribution in [0.4, 0.5) is 0 Å². The zero-order valence-corrected chi connectivity index (χ0v) is 13.6. The molecule has 0 bridgehead atoms. The van der Waals surface area contributed by atoms with Gasteiger partial charge in [-0.2, -0.15) is 0 Å². The average molecular weight is 307 g/mol. The Morgan fingerprint density at radius 3 is 2.82 bits per heavy atom. The summed E-state index contributed by atoms with van der Waals surface area (Å²) in [5, 5.41) is 0. The molecule has 122 valence electrons. The lowest BCUT2D eigenvalue weighted by Crippen LogP contribution is -2.39. The van der Waals surface area contributed by atoms with Gasteiger partial charge in [0.15, 0.2) is 11.5 Å². The number of piperidine rings is 1. The van der Waals surface area contributed by atoms with Crippen LogP contribution in [0.15, 0.2) is 18.2 Å². The van der Waals surface area contributed by atoms with Crippen LogP contribution in [0.2, 0.25) is 0 Å². The van der Waals surface area contributed by atoms with E-state index in [4.69, 9.17) is 14.2 Å². The van der Waals surface area contributed by atoms with E-state index in [9.17, 15) is 4.79 Å². The molecular weight excluding hydrogens is 282 g/mol. The zero-order valence-electron chi connectivity index (χ0n) is 13.6. The Morgan fingerprint density at radius 1 is 1.32 bits per heavy atom. The first-order valence-electron chi connectivity index (χ1n) is 7.78. The van der Waals surface area contributed by atoms with Gasteiger partial charge < -0.3 is 14.2 Å². The molecule has 1 aromatic rings. The molecule has 1 heterocycles. The van der Waals surface area contributed by atoms with Crippen LogP contribution in [-0.2, 0) is 16.1 Å². The summed E-state index contributed by atoms with van der Waals surface area (Å²) in [6.07, 6.45) is 1.92. The summed E-state index contributed by atoms with van der Waals surface area (Å²) in [4.78, 5) is 14.2. The molecule has 0 aliphatic carbocycles. The van der Waals surface area contributed by atoms with Crippen molar-refractivity contribution in [3.63, 3.8) is 0 Å². The molecule has 0 N–H and O–H groups in total. The van der Waals surface area contributed by atoms with Crippen LogP contribution in [0.3, 0.4) is 0 Å². The molecule has 1 aliphatic rings. The number of hydrogen-bond acceptors (Lipinski definition) is 5. The Labute approximate surface area is 132 Å². The maximum Gasteiger partial charge on any atom is 0.310 e. The molecule has 1 aliphatic heterocycles. The normalized spacial score (nSPS) is 18.8. The molecule has 0 saturated carbocycles. The highest BCUT2D eigenvalue weighted by Crippen LogP contribution is 2.32. The van der Waals surface area contributed by atoms with E-state index in [2.05, 4.69) is 4.90 Å². The number of esters is 1. The van der Waals surface area contributed by atoms with Crippen LogP contribution < -0.4 is 9.47 Å². The molecule has 0 amide bonds. The summed E-state index contributed by atoms with van der Waals surface area (Å²) in [5.41, 5.74) is 1.08. The quantitative estimate of drug-likeness (QED) is 0.756. The van der Waals surface area contributed by atoms with Crippen LogP contribution >= 0.6 is 0 Å². The number of para-hydroxylation sites is 1. The predicted octanol–water partition coefficient (Wildman–Crippen LogP) is 2.48. The molecule has 0 aromatic heterocycles. The lowest BCUT2D eigenvalue weighted by molar-refractivity contribution is -0.150. The summed E-state index contributed by atoms with van der Waals surface area (Å²) in [6, 6.07) is 5.89. The van der Waals surface area contributed by atoms with Gasteiger partial charge >= 0.3 is 5.97 Å². The van der Waals surface area contributed by atoms with Gasteiger partial charge in [0.1, 0.15) is 0 Å². The number of carbonyl (C=O) groups is 1. The number of hydrogen-bond donors (Lipinski definition) is 0. The van der Waals surface area contributed by atoms with E-state index in [-0.39, 0.29) is 11.9 Å². The minimum absolute atomic E-state index is 0.0229. The van der Waals surface area contributed by atoms with Crippen molar-refractivity contribution in [3.05, 3.63) is 23.8 Å². The molecule has 1 aromatic carbocycles. The Kier molecular flexibility index (Phi) is 6.07. The van der Waals surface area contributed by atoms with Crippen molar-refractivity contribution >= 4 is 5.97 Å². The summed E-state index contributed by atoms with van der Waals surface area (Å²) in [6.45, 7) is 4.75. The highest BCUT2D eigenvalue weighted by atomic mass is 16.5. The molecule has 1 atom stereocenters. The maximum absolute atomic E-state index is 11.9. The van der Waals surface area contributed by atoms with E-state index in [0.29, 0.717) is 6.61 Å². The second-order valence-electron chi connectivity index (χ2n) is 5.48. The number of rotatable bonds is 6. The predicted molar refractivity (Wildman–Crippen MR) is 84.2 cm³/mol. The Balaban J connectivity index is 2.06. The van der Waals surface area contributed by atoms with Gasteiger partial charge in [-0.25, -0.2) is 0 Å². The number of carbonyl (C=O) groups excluding carboxylic acids is 1. The third-order valence-corrected chi connectivity index (χ3v) is 4.00. The van der Waals surface area contributed by atoms with E-state index in [1.807, 2.05) is 25.1 Å². The van der Waals surface area contributed by atoms with E-state index >= 15 is 0 Å². The standard InChI is InChI=1S/C17H25NO4/c1-4-22-17(19)14-8-6-10-18(12-14)11-13-7-5-9-15(20-2)16(13)21-3/h5,7,9,14H,4,6,8,10-12H2,1-3H3/t14-/m1/s1. The molecule has 5 nitrogen and oxygen atoms in total. The van der Waals surface area contributed by atoms with Gasteiger partial charge in [0, 0.05) is 18.7 Å². The average Bonchev–Trinajstić information content (AvgIpc) is 2.55. The van der Waals surface area contributed by atoms with Crippen molar-refractivity contribution in [2.45, 2.75) is 26.3 Å². The van der Waals surface area contributed by atoms with E-state index in [1.54, 1.807) is 14.2 Å².